The van der Waals surface area contributed by atoms with Crippen molar-refractivity contribution in [1.29, 1.82) is 0 Å². The van der Waals surface area contributed by atoms with Crippen molar-refractivity contribution in [3.8, 4) is 0 Å². The predicted molar refractivity (Wildman–Crippen MR) is 60.9 cm³/mol. The minimum atomic E-state index is -4.35. The van der Waals surface area contributed by atoms with Gasteiger partial charge in [-0.2, -0.15) is 13.2 Å². The number of rotatable bonds is 1. The maximum Gasteiger partial charge on any atom is 0.495 e. The Morgan fingerprint density at radius 2 is 1.94 bits per heavy atom. The fourth-order valence-electron chi connectivity index (χ4n) is 2.02. The van der Waals surface area contributed by atoms with E-state index in [-0.39, 0.29) is 0 Å². The molecule has 0 amide bonds. The topological polar surface area (TPSA) is 8.81 Å². The van der Waals surface area contributed by atoms with Crippen LogP contribution in [0.2, 0.25) is 0 Å². The van der Waals surface area contributed by atoms with E-state index >= 15 is 0 Å². The molecule has 0 unspecified atom stereocenters. The van der Waals surface area contributed by atoms with Gasteiger partial charge in [0.05, 0.1) is 14.1 Å². The van der Waals surface area contributed by atoms with Gasteiger partial charge in [-0.1, -0.05) is 0 Å². The standard InChI is InChI=1S/C11H12F3N2S/c1-15-8-5-4-7(17-3)6-9(8)16(2)10(15)11(12,13)14/h4-6H,1-3H3/q+1. The fraction of sp³-hybridized carbons (Fsp3) is 0.364. The van der Waals surface area contributed by atoms with Gasteiger partial charge in [-0.05, 0) is 18.4 Å². The average molecular weight is 261 g/mol. The molecule has 1 aromatic heterocycles. The van der Waals surface area contributed by atoms with Crippen molar-refractivity contribution in [2.45, 2.75) is 11.1 Å². The van der Waals surface area contributed by atoms with Crippen molar-refractivity contribution in [3.63, 3.8) is 0 Å². The lowest BCUT2D eigenvalue weighted by Gasteiger charge is -2.01. The van der Waals surface area contributed by atoms with Crippen molar-refractivity contribution in [2.24, 2.45) is 14.1 Å². The van der Waals surface area contributed by atoms with Crippen LogP contribution in [0.1, 0.15) is 5.82 Å². The lowest BCUT2D eigenvalue weighted by molar-refractivity contribution is -0.667. The number of aromatic nitrogens is 2. The normalized spacial score (nSPS) is 12.4. The molecule has 2 aromatic rings. The van der Waals surface area contributed by atoms with Crippen molar-refractivity contribution in [2.75, 3.05) is 6.26 Å². The van der Waals surface area contributed by atoms with Gasteiger partial charge in [0.25, 0.3) is 0 Å². The van der Waals surface area contributed by atoms with E-state index in [4.69, 9.17) is 0 Å². The third-order valence-corrected chi connectivity index (χ3v) is 3.52. The van der Waals surface area contributed by atoms with E-state index in [9.17, 15) is 13.2 Å². The molecule has 1 heterocycles. The van der Waals surface area contributed by atoms with Gasteiger partial charge in [0.15, 0.2) is 11.0 Å². The Balaban J connectivity index is 2.81. The van der Waals surface area contributed by atoms with Crippen LogP contribution in [0.4, 0.5) is 13.2 Å². The average Bonchev–Trinajstić information content (AvgIpc) is 2.50. The van der Waals surface area contributed by atoms with Gasteiger partial charge in [-0.25, -0.2) is 9.13 Å². The van der Waals surface area contributed by atoms with Crippen LogP contribution in [0.3, 0.4) is 0 Å². The van der Waals surface area contributed by atoms with E-state index in [2.05, 4.69) is 0 Å². The van der Waals surface area contributed by atoms with Crippen molar-refractivity contribution >= 4 is 22.8 Å². The Bertz CT molecular complexity index is 572. The first-order chi connectivity index (χ1) is 7.86. The van der Waals surface area contributed by atoms with Crippen molar-refractivity contribution < 1.29 is 17.7 Å². The van der Waals surface area contributed by atoms with Crippen LogP contribution in [-0.4, -0.2) is 10.8 Å². The highest BCUT2D eigenvalue weighted by atomic mass is 32.2. The van der Waals surface area contributed by atoms with Gasteiger partial charge in [0.2, 0.25) is 0 Å². The second kappa shape index (κ2) is 3.94. The van der Waals surface area contributed by atoms with Crippen LogP contribution in [0, 0.1) is 0 Å². The fourth-order valence-corrected chi connectivity index (χ4v) is 2.45. The highest BCUT2D eigenvalue weighted by molar-refractivity contribution is 7.98. The number of fused-ring (bicyclic) bond motifs is 1. The minimum absolute atomic E-state index is 0.581. The molecule has 0 saturated heterocycles. The number of halogens is 3. The quantitative estimate of drug-likeness (QED) is 0.566. The van der Waals surface area contributed by atoms with Crippen LogP contribution in [0.15, 0.2) is 23.1 Å². The Labute approximate surface area is 101 Å². The molecule has 0 N–H and O–H groups in total. The smallest absolute Gasteiger partial charge is 0.222 e. The van der Waals surface area contributed by atoms with E-state index in [0.717, 1.165) is 4.90 Å². The van der Waals surface area contributed by atoms with Crippen LogP contribution in [0.5, 0.6) is 0 Å². The molecule has 1 aromatic carbocycles. The van der Waals surface area contributed by atoms with Crippen LogP contribution < -0.4 is 4.57 Å². The lowest BCUT2D eigenvalue weighted by atomic mass is 10.3. The number of hydrogen-bond acceptors (Lipinski definition) is 1. The first kappa shape index (κ1) is 12.3. The second-order valence-corrected chi connectivity index (χ2v) is 4.67. The molecule has 0 atom stereocenters. The third-order valence-electron chi connectivity index (χ3n) is 2.79. The van der Waals surface area contributed by atoms with E-state index in [1.807, 2.05) is 12.3 Å². The summed E-state index contributed by atoms with van der Waals surface area (Å²) in [6.07, 6.45) is -2.45. The number of hydrogen-bond donors (Lipinski definition) is 0. The van der Waals surface area contributed by atoms with E-state index < -0.39 is 12.0 Å². The van der Waals surface area contributed by atoms with Crippen LogP contribution in [0.25, 0.3) is 11.0 Å². The summed E-state index contributed by atoms with van der Waals surface area (Å²) < 4.78 is 41.0. The SMILES string of the molecule is CSc1ccc2c(c1)[n+](C)c(C(F)(F)F)n2C. The van der Waals surface area contributed by atoms with E-state index in [1.54, 1.807) is 12.1 Å². The van der Waals surface area contributed by atoms with Gasteiger partial charge >= 0.3 is 12.0 Å². The molecule has 0 aliphatic rings. The van der Waals surface area contributed by atoms with Crippen LogP contribution in [-0.2, 0) is 20.3 Å². The van der Waals surface area contributed by atoms with Crippen molar-refractivity contribution in [1.82, 2.24) is 4.57 Å². The number of alkyl halides is 3. The highest BCUT2D eigenvalue weighted by Crippen LogP contribution is 2.30. The summed E-state index contributed by atoms with van der Waals surface area (Å²) in [7, 11) is 2.87. The maximum atomic E-state index is 12.9. The number of nitrogens with zero attached hydrogens (tertiary/aromatic N) is 2. The molecular weight excluding hydrogens is 249 g/mol. The molecule has 2 nitrogen and oxygen atoms in total. The van der Waals surface area contributed by atoms with Gasteiger partial charge < -0.3 is 0 Å². The van der Waals surface area contributed by atoms with Gasteiger partial charge in [0.1, 0.15) is 0 Å². The summed E-state index contributed by atoms with van der Waals surface area (Å²) in [5.41, 5.74) is 1.17. The first-order valence-electron chi connectivity index (χ1n) is 4.96. The molecule has 0 saturated carbocycles. The summed E-state index contributed by atoms with van der Waals surface area (Å²) in [6, 6.07) is 5.32. The summed E-state index contributed by atoms with van der Waals surface area (Å²) in [5, 5.41) is 0. The van der Waals surface area contributed by atoms with Gasteiger partial charge in [-0.3, -0.25) is 0 Å². The summed E-state index contributed by atoms with van der Waals surface area (Å²) in [4.78, 5) is 0.951. The number of imidazole rings is 1. The van der Waals surface area contributed by atoms with E-state index in [1.165, 1.54) is 35.0 Å². The maximum absolute atomic E-state index is 12.9. The molecule has 0 aliphatic carbocycles. The summed E-state index contributed by atoms with van der Waals surface area (Å²) >= 11 is 1.51. The predicted octanol–water partition coefficient (Wildman–Crippen LogP) is 2.74. The molecule has 0 fully saturated rings. The van der Waals surface area contributed by atoms with Gasteiger partial charge in [-0.15, -0.1) is 11.8 Å². The molecule has 2 rings (SSSR count). The summed E-state index contributed by atoms with van der Waals surface area (Å²) in [6.45, 7) is 0. The third kappa shape index (κ3) is 1.90. The molecule has 0 bridgehead atoms. The Morgan fingerprint density at radius 1 is 1.29 bits per heavy atom. The van der Waals surface area contributed by atoms with Crippen molar-refractivity contribution in [3.05, 3.63) is 24.0 Å². The molecule has 92 valence electrons. The number of benzene rings is 1. The zero-order valence-electron chi connectivity index (χ0n) is 9.67. The lowest BCUT2D eigenvalue weighted by Crippen LogP contribution is -2.37. The zero-order chi connectivity index (χ0) is 12.8. The Hall–Kier alpha value is -1.17. The molecule has 0 spiro atoms. The largest absolute Gasteiger partial charge is 0.495 e. The number of aryl methyl sites for hydroxylation is 2. The highest BCUT2D eigenvalue weighted by Gasteiger charge is 2.45. The molecule has 0 radical (unpaired) electrons. The van der Waals surface area contributed by atoms with Gasteiger partial charge in [0, 0.05) is 11.0 Å². The summed E-state index contributed by atoms with van der Waals surface area (Å²) in [5.74, 6) is -0.647. The molecule has 17 heavy (non-hydrogen) atoms. The monoisotopic (exact) mass is 261 g/mol. The van der Waals surface area contributed by atoms with E-state index in [0.29, 0.717) is 11.0 Å². The van der Waals surface area contributed by atoms with Crippen LogP contribution >= 0.6 is 11.8 Å². The zero-order valence-corrected chi connectivity index (χ0v) is 10.5. The first-order valence-corrected chi connectivity index (χ1v) is 6.18. The molecule has 6 heteroatoms. The Kier molecular flexibility index (Phi) is 2.85. The molecular formula is C11H12F3N2S+. The molecule has 0 aliphatic heterocycles. The Morgan fingerprint density at radius 3 is 2.47 bits per heavy atom. The second-order valence-electron chi connectivity index (χ2n) is 3.79. The minimum Gasteiger partial charge on any atom is -0.222 e. The number of thioether (sulfide) groups is 1.